The Bertz CT molecular complexity index is 700. The predicted molar refractivity (Wildman–Crippen MR) is 92.7 cm³/mol. The van der Waals surface area contributed by atoms with Gasteiger partial charge in [-0.05, 0) is 44.9 Å². The van der Waals surface area contributed by atoms with Crippen LogP contribution in [-0.4, -0.2) is 23.5 Å². The van der Waals surface area contributed by atoms with Gasteiger partial charge in [0.15, 0.2) is 0 Å². The average Bonchev–Trinajstić information content (AvgIpc) is 2.43. The van der Waals surface area contributed by atoms with E-state index in [-0.39, 0.29) is 24.9 Å². The van der Waals surface area contributed by atoms with Crippen molar-refractivity contribution < 1.29 is 33.8 Å². The second-order valence-corrected chi connectivity index (χ2v) is 9.49. The molecule has 0 heterocycles. The number of benzene rings is 1. The molecule has 1 rings (SSSR count). The first kappa shape index (κ1) is 23.2. The third kappa shape index (κ3) is 8.57. The van der Waals surface area contributed by atoms with Crippen LogP contribution >= 0.6 is 10.2 Å². The molecule has 0 spiro atoms. The number of ether oxygens (including phenoxy) is 1. The minimum atomic E-state index is -9.72. The SMILES string of the molecule is CC(C)(C)OC(=O)[C@H](CCC(N)=O)NCc1ccc(S(F)(F)(F)(F)F)cc1. The highest BCUT2D eigenvalue weighted by molar-refractivity contribution is 8.45. The van der Waals surface area contributed by atoms with Crippen molar-refractivity contribution in [1.82, 2.24) is 5.32 Å². The van der Waals surface area contributed by atoms with Gasteiger partial charge in [-0.3, -0.25) is 9.59 Å². The summed E-state index contributed by atoms with van der Waals surface area (Å²) in [6.45, 7) is 4.85. The van der Waals surface area contributed by atoms with Crippen molar-refractivity contribution >= 4 is 22.1 Å². The van der Waals surface area contributed by atoms with E-state index in [1.54, 1.807) is 20.8 Å². The monoisotopic (exact) mass is 418 g/mol. The number of nitrogens with one attached hydrogen (secondary N) is 1. The molecule has 156 valence electrons. The van der Waals surface area contributed by atoms with Crippen LogP contribution in [0.25, 0.3) is 0 Å². The van der Waals surface area contributed by atoms with E-state index >= 15 is 0 Å². The summed E-state index contributed by atoms with van der Waals surface area (Å²) in [5.74, 6) is -1.29. The van der Waals surface area contributed by atoms with Gasteiger partial charge < -0.3 is 15.8 Å². The fraction of sp³-hybridized carbons (Fsp3) is 0.500. The Kier molecular flexibility index (Phi) is 5.95. The summed E-state index contributed by atoms with van der Waals surface area (Å²) >= 11 is 0. The van der Waals surface area contributed by atoms with Crippen LogP contribution in [0.1, 0.15) is 39.2 Å². The number of carbonyl (C=O) groups is 2. The summed E-state index contributed by atoms with van der Waals surface area (Å²) in [6.07, 6.45) is -0.0894. The summed E-state index contributed by atoms with van der Waals surface area (Å²) < 4.78 is 68.8. The zero-order valence-electron chi connectivity index (χ0n) is 15.1. The number of hydrogen-bond donors (Lipinski definition) is 2. The van der Waals surface area contributed by atoms with Crippen molar-refractivity contribution in [3.63, 3.8) is 0 Å². The minimum Gasteiger partial charge on any atom is -0.459 e. The number of primary amides is 1. The Morgan fingerprint density at radius 1 is 1.11 bits per heavy atom. The number of esters is 1. The molecule has 1 amide bonds. The molecule has 27 heavy (non-hydrogen) atoms. The summed E-state index contributed by atoms with van der Waals surface area (Å²) in [5.41, 5.74) is 4.52. The second kappa shape index (κ2) is 6.93. The lowest BCUT2D eigenvalue weighted by Gasteiger charge is -2.40. The third-order valence-electron chi connectivity index (χ3n) is 3.29. The first-order chi connectivity index (χ1) is 11.9. The van der Waals surface area contributed by atoms with Crippen LogP contribution in [0.3, 0.4) is 0 Å². The highest BCUT2D eigenvalue weighted by Gasteiger charge is 2.65. The molecule has 0 bridgehead atoms. The topological polar surface area (TPSA) is 81.4 Å². The maximum absolute atomic E-state index is 12.7. The number of carbonyl (C=O) groups excluding carboxylic acids is 2. The standard InChI is InChI=1S/C16H23F5N2O3S/c1-16(2,3)26-15(25)13(8-9-14(22)24)23-10-11-4-6-12(7-5-11)27(17,18,19,20)21/h4-7,13,23H,8-10H2,1-3H3,(H2,22,24)/t13-/m0/s1. The van der Waals surface area contributed by atoms with E-state index in [1.807, 2.05) is 0 Å². The second-order valence-electron chi connectivity index (χ2n) is 7.08. The highest BCUT2D eigenvalue weighted by Crippen LogP contribution is 3.02. The fourth-order valence-corrected chi connectivity index (χ4v) is 2.72. The first-order valence-corrected chi connectivity index (χ1v) is 9.90. The lowest BCUT2D eigenvalue weighted by molar-refractivity contribution is -0.157. The molecular formula is C16H23F5N2O3S. The van der Waals surface area contributed by atoms with E-state index in [9.17, 15) is 29.0 Å². The number of rotatable bonds is 8. The van der Waals surface area contributed by atoms with E-state index in [4.69, 9.17) is 10.5 Å². The average molecular weight is 418 g/mol. The van der Waals surface area contributed by atoms with Crippen LogP contribution < -0.4 is 11.1 Å². The summed E-state index contributed by atoms with van der Waals surface area (Å²) in [5, 5.41) is 2.75. The van der Waals surface area contributed by atoms with E-state index in [0.717, 1.165) is 12.1 Å². The quantitative estimate of drug-likeness (QED) is 0.484. The van der Waals surface area contributed by atoms with Crippen LogP contribution in [0.4, 0.5) is 19.4 Å². The molecule has 0 aliphatic heterocycles. The van der Waals surface area contributed by atoms with Gasteiger partial charge in [0.2, 0.25) is 5.91 Å². The maximum atomic E-state index is 12.7. The summed E-state index contributed by atoms with van der Waals surface area (Å²) in [6, 6.07) is 1.43. The highest BCUT2D eigenvalue weighted by atomic mass is 32.5. The third-order valence-corrected chi connectivity index (χ3v) is 4.46. The Labute approximate surface area is 154 Å². The zero-order valence-corrected chi connectivity index (χ0v) is 15.9. The molecule has 1 atom stereocenters. The molecule has 0 saturated heterocycles. The molecule has 0 unspecified atom stereocenters. The Morgan fingerprint density at radius 3 is 2.04 bits per heavy atom. The molecule has 1 aromatic rings. The smallest absolute Gasteiger partial charge is 0.323 e. The number of halogens is 5. The molecule has 0 aliphatic carbocycles. The molecule has 0 saturated carbocycles. The van der Waals surface area contributed by atoms with Crippen molar-refractivity contribution in [3.8, 4) is 0 Å². The number of hydrogen-bond acceptors (Lipinski definition) is 4. The van der Waals surface area contributed by atoms with Gasteiger partial charge in [-0.2, -0.15) is 0 Å². The van der Waals surface area contributed by atoms with Crippen molar-refractivity contribution in [2.24, 2.45) is 5.73 Å². The first-order valence-electron chi connectivity index (χ1n) is 7.95. The maximum Gasteiger partial charge on any atom is 0.323 e. The summed E-state index contributed by atoms with van der Waals surface area (Å²) in [4.78, 5) is 21.1. The van der Waals surface area contributed by atoms with Crippen molar-refractivity contribution in [2.45, 2.75) is 56.7 Å². The Balaban J connectivity index is 2.85. The molecule has 0 radical (unpaired) electrons. The van der Waals surface area contributed by atoms with Crippen LogP contribution in [0.15, 0.2) is 29.2 Å². The van der Waals surface area contributed by atoms with Gasteiger partial charge >= 0.3 is 16.2 Å². The fourth-order valence-electron chi connectivity index (χ4n) is 2.07. The van der Waals surface area contributed by atoms with E-state index in [2.05, 4.69) is 5.32 Å². The number of amides is 1. The molecular weight excluding hydrogens is 395 g/mol. The molecule has 3 N–H and O–H groups in total. The number of nitrogens with two attached hydrogens (primary N) is 1. The van der Waals surface area contributed by atoms with E-state index in [0.29, 0.717) is 12.1 Å². The van der Waals surface area contributed by atoms with Gasteiger partial charge in [0, 0.05) is 13.0 Å². The Morgan fingerprint density at radius 2 is 1.63 bits per heavy atom. The van der Waals surface area contributed by atoms with E-state index < -0.39 is 38.6 Å². The van der Waals surface area contributed by atoms with E-state index in [1.165, 1.54) is 0 Å². The van der Waals surface area contributed by atoms with Gasteiger partial charge in [-0.25, -0.2) is 0 Å². The zero-order chi connectivity index (χ0) is 21.2. The van der Waals surface area contributed by atoms with Crippen LogP contribution in [-0.2, 0) is 20.9 Å². The van der Waals surface area contributed by atoms with Crippen molar-refractivity contribution in [2.75, 3.05) is 0 Å². The van der Waals surface area contributed by atoms with Gasteiger partial charge in [0.1, 0.15) is 16.5 Å². The van der Waals surface area contributed by atoms with Gasteiger partial charge in [-0.15, -0.1) is 0 Å². The van der Waals surface area contributed by atoms with Crippen LogP contribution in [0.5, 0.6) is 0 Å². The molecule has 0 aromatic heterocycles. The molecule has 5 nitrogen and oxygen atoms in total. The Hall–Kier alpha value is -1.88. The molecule has 0 fully saturated rings. The normalized spacial score (nSPS) is 16.1. The van der Waals surface area contributed by atoms with Gasteiger partial charge in [-0.1, -0.05) is 31.6 Å². The van der Waals surface area contributed by atoms with Gasteiger partial charge in [0.05, 0.1) is 0 Å². The van der Waals surface area contributed by atoms with Crippen LogP contribution in [0, 0.1) is 0 Å². The van der Waals surface area contributed by atoms with Gasteiger partial charge in [0.25, 0.3) is 0 Å². The van der Waals surface area contributed by atoms with Crippen molar-refractivity contribution in [3.05, 3.63) is 29.8 Å². The molecule has 1 aromatic carbocycles. The largest absolute Gasteiger partial charge is 0.459 e. The van der Waals surface area contributed by atoms with Crippen LogP contribution in [0.2, 0.25) is 0 Å². The lowest BCUT2D eigenvalue weighted by atomic mass is 10.1. The summed E-state index contributed by atoms with van der Waals surface area (Å²) in [7, 11) is -9.72. The van der Waals surface area contributed by atoms with Crippen molar-refractivity contribution in [1.29, 1.82) is 0 Å². The minimum absolute atomic E-state index is 0.0216. The molecule has 11 heteroatoms. The lowest BCUT2D eigenvalue weighted by Crippen LogP contribution is -2.41. The predicted octanol–water partition coefficient (Wildman–Crippen LogP) is 4.41. The molecule has 0 aliphatic rings.